The van der Waals surface area contributed by atoms with E-state index in [1.807, 2.05) is 6.07 Å². The normalized spacial score (nSPS) is 10.6. The zero-order chi connectivity index (χ0) is 16.4. The first-order chi connectivity index (χ1) is 11.1. The van der Waals surface area contributed by atoms with Crippen molar-refractivity contribution in [3.05, 3.63) is 46.4 Å². The van der Waals surface area contributed by atoms with E-state index in [0.29, 0.717) is 38.8 Å². The molecule has 0 aliphatic carbocycles. The Balaban J connectivity index is 1.97. The lowest BCUT2D eigenvalue weighted by Crippen LogP contribution is -1.91. The van der Waals surface area contributed by atoms with E-state index >= 15 is 0 Å². The van der Waals surface area contributed by atoms with Gasteiger partial charge in [-0.1, -0.05) is 28.4 Å². The summed E-state index contributed by atoms with van der Waals surface area (Å²) in [5.74, 6) is 2.01. The van der Waals surface area contributed by atoms with Crippen molar-refractivity contribution in [2.24, 2.45) is 0 Å². The highest BCUT2D eigenvalue weighted by atomic mass is 35.5. The van der Waals surface area contributed by atoms with Crippen LogP contribution in [0.4, 0.5) is 0 Å². The first-order valence-corrected chi connectivity index (χ1v) is 7.39. The van der Waals surface area contributed by atoms with Crippen molar-refractivity contribution in [1.82, 2.24) is 10.1 Å². The Kier molecular flexibility index (Phi) is 4.41. The molecule has 3 rings (SSSR count). The first-order valence-electron chi connectivity index (χ1n) is 6.64. The molecule has 0 spiro atoms. The minimum Gasteiger partial charge on any atom is -0.493 e. The highest BCUT2D eigenvalue weighted by Crippen LogP contribution is 2.33. The van der Waals surface area contributed by atoms with Gasteiger partial charge in [-0.3, -0.25) is 0 Å². The Labute approximate surface area is 142 Å². The molecule has 0 saturated heterocycles. The van der Waals surface area contributed by atoms with Gasteiger partial charge in [-0.05, 0) is 36.4 Å². The standard InChI is InChI=1S/C16H12Cl2N2O3/c1-21-13-6-4-9(8-14(13)22-2)15-19-16(23-20-15)10-3-5-11(17)12(18)7-10/h3-8H,1-2H3. The van der Waals surface area contributed by atoms with Gasteiger partial charge in [0.05, 0.1) is 24.3 Å². The van der Waals surface area contributed by atoms with Gasteiger partial charge < -0.3 is 14.0 Å². The summed E-state index contributed by atoms with van der Waals surface area (Å²) in [6, 6.07) is 10.5. The van der Waals surface area contributed by atoms with Crippen molar-refractivity contribution in [2.45, 2.75) is 0 Å². The fraction of sp³-hybridized carbons (Fsp3) is 0.125. The SMILES string of the molecule is COc1ccc(-c2noc(-c3ccc(Cl)c(Cl)c3)n2)cc1OC. The number of rotatable bonds is 4. The third-order valence-electron chi connectivity index (χ3n) is 3.23. The Morgan fingerprint density at radius 1 is 0.870 bits per heavy atom. The molecule has 0 bridgehead atoms. The Hall–Kier alpha value is -2.24. The Morgan fingerprint density at radius 2 is 1.61 bits per heavy atom. The van der Waals surface area contributed by atoms with E-state index in [4.69, 9.17) is 37.2 Å². The number of halogens is 2. The third kappa shape index (κ3) is 3.11. The van der Waals surface area contributed by atoms with E-state index in [-0.39, 0.29) is 0 Å². The smallest absolute Gasteiger partial charge is 0.258 e. The lowest BCUT2D eigenvalue weighted by Gasteiger charge is -2.07. The van der Waals surface area contributed by atoms with Gasteiger partial charge in [-0.15, -0.1) is 0 Å². The van der Waals surface area contributed by atoms with Crippen LogP contribution >= 0.6 is 23.2 Å². The number of hydrogen-bond donors (Lipinski definition) is 0. The van der Waals surface area contributed by atoms with Crippen LogP contribution in [-0.4, -0.2) is 24.4 Å². The fourth-order valence-electron chi connectivity index (χ4n) is 2.06. The molecule has 0 atom stereocenters. The van der Waals surface area contributed by atoms with Crippen LogP contribution in [0.3, 0.4) is 0 Å². The van der Waals surface area contributed by atoms with Gasteiger partial charge in [0, 0.05) is 11.1 Å². The van der Waals surface area contributed by atoms with E-state index in [0.717, 1.165) is 5.56 Å². The average Bonchev–Trinajstić information content (AvgIpc) is 3.06. The molecule has 118 valence electrons. The van der Waals surface area contributed by atoms with Crippen LogP contribution in [0.25, 0.3) is 22.8 Å². The second-order valence-corrected chi connectivity index (χ2v) is 5.44. The number of hydrogen-bond acceptors (Lipinski definition) is 5. The van der Waals surface area contributed by atoms with Gasteiger partial charge >= 0.3 is 0 Å². The van der Waals surface area contributed by atoms with Gasteiger partial charge in [0.25, 0.3) is 5.89 Å². The van der Waals surface area contributed by atoms with E-state index in [9.17, 15) is 0 Å². The van der Waals surface area contributed by atoms with Crippen molar-refractivity contribution in [3.8, 4) is 34.3 Å². The molecule has 2 aromatic carbocycles. The largest absolute Gasteiger partial charge is 0.493 e. The molecule has 0 N–H and O–H groups in total. The molecule has 7 heteroatoms. The van der Waals surface area contributed by atoms with Crippen molar-refractivity contribution in [2.75, 3.05) is 14.2 Å². The first kappa shape index (κ1) is 15.6. The molecule has 0 amide bonds. The lowest BCUT2D eigenvalue weighted by molar-refractivity contribution is 0.355. The predicted octanol–water partition coefficient (Wildman–Crippen LogP) is 4.73. The summed E-state index contributed by atoms with van der Waals surface area (Å²) >= 11 is 11.9. The summed E-state index contributed by atoms with van der Waals surface area (Å²) in [6.45, 7) is 0. The van der Waals surface area contributed by atoms with Gasteiger partial charge in [0.2, 0.25) is 5.82 Å². The minimum atomic E-state index is 0.355. The highest BCUT2D eigenvalue weighted by Gasteiger charge is 2.14. The van der Waals surface area contributed by atoms with Crippen molar-refractivity contribution < 1.29 is 14.0 Å². The molecule has 0 aliphatic heterocycles. The van der Waals surface area contributed by atoms with E-state index in [1.54, 1.807) is 44.6 Å². The van der Waals surface area contributed by atoms with E-state index in [2.05, 4.69) is 10.1 Å². The second kappa shape index (κ2) is 6.48. The maximum absolute atomic E-state index is 6.01. The van der Waals surface area contributed by atoms with Crippen LogP contribution in [-0.2, 0) is 0 Å². The van der Waals surface area contributed by atoms with E-state index < -0.39 is 0 Å². The maximum atomic E-state index is 6.01. The predicted molar refractivity (Wildman–Crippen MR) is 88.3 cm³/mol. The summed E-state index contributed by atoms with van der Waals surface area (Å²) in [6.07, 6.45) is 0. The Bertz CT molecular complexity index is 849. The van der Waals surface area contributed by atoms with Gasteiger partial charge in [0.1, 0.15) is 0 Å². The summed E-state index contributed by atoms with van der Waals surface area (Å²) in [5.41, 5.74) is 1.44. The Morgan fingerprint density at radius 3 is 2.30 bits per heavy atom. The molecule has 0 unspecified atom stereocenters. The summed E-state index contributed by atoms with van der Waals surface area (Å²) in [7, 11) is 3.15. The van der Waals surface area contributed by atoms with Crippen molar-refractivity contribution in [3.63, 3.8) is 0 Å². The zero-order valence-corrected chi connectivity index (χ0v) is 13.9. The number of benzene rings is 2. The average molecular weight is 351 g/mol. The molecule has 1 heterocycles. The van der Waals surface area contributed by atoms with E-state index in [1.165, 1.54) is 0 Å². The zero-order valence-electron chi connectivity index (χ0n) is 12.3. The molecule has 0 radical (unpaired) electrons. The number of nitrogens with zero attached hydrogens (tertiary/aromatic N) is 2. The molecular weight excluding hydrogens is 339 g/mol. The molecule has 23 heavy (non-hydrogen) atoms. The molecule has 1 aromatic heterocycles. The van der Waals surface area contributed by atoms with Gasteiger partial charge in [-0.25, -0.2) is 0 Å². The molecule has 0 fully saturated rings. The van der Waals surface area contributed by atoms with Crippen molar-refractivity contribution >= 4 is 23.2 Å². The topological polar surface area (TPSA) is 57.4 Å². The molecule has 3 aromatic rings. The van der Waals surface area contributed by atoms with Crippen LogP contribution < -0.4 is 9.47 Å². The van der Waals surface area contributed by atoms with Crippen molar-refractivity contribution in [1.29, 1.82) is 0 Å². The highest BCUT2D eigenvalue weighted by molar-refractivity contribution is 6.42. The summed E-state index contributed by atoms with van der Waals surface area (Å²) in [5, 5.41) is 4.88. The summed E-state index contributed by atoms with van der Waals surface area (Å²) in [4.78, 5) is 4.38. The number of aromatic nitrogens is 2. The number of ether oxygens (including phenoxy) is 2. The maximum Gasteiger partial charge on any atom is 0.258 e. The van der Waals surface area contributed by atoms with Gasteiger partial charge in [-0.2, -0.15) is 4.98 Å². The van der Waals surface area contributed by atoms with Crippen LogP contribution in [0, 0.1) is 0 Å². The van der Waals surface area contributed by atoms with Crippen LogP contribution in [0.2, 0.25) is 10.0 Å². The number of methoxy groups -OCH3 is 2. The summed E-state index contributed by atoms with van der Waals surface area (Å²) < 4.78 is 15.8. The molecule has 5 nitrogen and oxygen atoms in total. The quantitative estimate of drug-likeness (QED) is 0.680. The third-order valence-corrected chi connectivity index (χ3v) is 3.97. The van der Waals surface area contributed by atoms with Crippen LogP contribution in [0.15, 0.2) is 40.9 Å². The van der Waals surface area contributed by atoms with Gasteiger partial charge in [0.15, 0.2) is 11.5 Å². The van der Waals surface area contributed by atoms with Crippen LogP contribution in [0.5, 0.6) is 11.5 Å². The minimum absolute atomic E-state index is 0.355. The molecule has 0 saturated carbocycles. The monoisotopic (exact) mass is 350 g/mol. The second-order valence-electron chi connectivity index (χ2n) is 4.62. The fourth-order valence-corrected chi connectivity index (χ4v) is 2.36. The van der Waals surface area contributed by atoms with Crippen LogP contribution in [0.1, 0.15) is 0 Å². The lowest BCUT2D eigenvalue weighted by atomic mass is 10.2. The molecular formula is C16H12Cl2N2O3. The molecule has 0 aliphatic rings.